The number of carboxylic acids is 1. The number of hydrogen-bond acceptors (Lipinski definition) is 14. The second-order valence-corrected chi connectivity index (χ2v) is 8.29. The van der Waals surface area contributed by atoms with E-state index in [0.717, 1.165) is 35.1 Å². The third-order valence-corrected chi connectivity index (χ3v) is 6.15. The van der Waals surface area contributed by atoms with E-state index in [0.29, 0.717) is 0 Å². The molecule has 0 radical (unpaired) electrons. The van der Waals surface area contributed by atoms with Crippen molar-refractivity contribution in [2.75, 3.05) is 25.1 Å². The summed E-state index contributed by atoms with van der Waals surface area (Å²) in [6.07, 6.45) is -0.971. The Morgan fingerprint density at radius 3 is 2.62 bits per heavy atom. The molecular formula is C16H16N7NaO8S2. The van der Waals surface area contributed by atoms with E-state index >= 15 is 0 Å². The van der Waals surface area contributed by atoms with Gasteiger partial charge in [-0.2, -0.15) is 9.36 Å². The molecule has 15 nitrogen and oxygen atoms in total. The predicted molar refractivity (Wildman–Crippen MR) is 110 cm³/mol. The smallest absolute Gasteiger partial charge is 0.543 e. The molecule has 3 amide bonds. The van der Waals surface area contributed by atoms with Gasteiger partial charge in [0.1, 0.15) is 18.0 Å². The van der Waals surface area contributed by atoms with Crippen molar-refractivity contribution in [3.05, 3.63) is 17.1 Å². The van der Waals surface area contributed by atoms with Crippen molar-refractivity contribution < 1.29 is 68.2 Å². The van der Waals surface area contributed by atoms with Gasteiger partial charge in [-0.15, -0.1) is 11.8 Å². The molecule has 0 aliphatic carbocycles. The number of anilines is 1. The molecule has 18 heteroatoms. The van der Waals surface area contributed by atoms with E-state index in [-0.39, 0.29) is 58.4 Å². The first-order valence-corrected chi connectivity index (χ1v) is 10.8. The van der Waals surface area contributed by atoms with Crippen LogP contribution in [0.2, 0.25) is 0 Å². The Morgan fingerprint density at radius 2 is 2.06 bits per heavy atom. The van der Waals surface area contributed by atoms with Crippen LogP contribution in [0.3, 0.4) is 0 Å². The fourth-order valence-corrected chi connectivity index (χ4v) is 4.59. The molecule has 2 atom stereocenters. The summed E-state index contributed by atoms with van der Waals surface area (Å²) in [6, 6.07) is -1.13. The van der Waals surface area contributed by atoms with Gasteiger partial charge in [-0.1, -0.05) is 5.16 Å². The first kappa shape index (κ1) is 27.5. The number of nitrogen functional groups attached to an aromatic ring is 1. The summed E-state index contributed by atoms with van der Waals surface area (Å²) in [7, 11) is 1.27. The zero-order valence-corrected chi connectivity index (χ0v) is 21.7. The molecule has 1 aromatic rings. The number of hydrogen-bond donors (Lipinski definition) is 3. The Morgan fingerprint density at radius 1 is 1.35 bits per heavy atom. The van der Waals surface area contributed by atoms with Gasteiger partial charge in [0.25, 0.3) is 11.8 Å². The summed E-state index contributed by atoms with van der Waals surface area (Å²) < 4.78 is 8.68. The zero-order chi connectivity index (χ0) is 24.3. The van der Waals surface area contributed by atoms with Gasteiger partial charge in [0.15, 0.2) is 5.13 Å². The van der Waals surface area contributed by atoms with Gasteiger partial charge in [0.05, 0.1) is 11.7 Å². The molecule has 0 aromatic carbocycles. The maximum absolute atomic E-state index is 12.8. The van der Waals surface area contributed by atoms with Crippen molar-refractivity contribution in [2.24, 2.45) is 5.16 Å². The summed E-state index contributed by atoms with van der Waals surface area (Å²) in [4.78, 5) is 68.8. The van der Waals surface area contributed by atoms with Gasteiger partial charge in [-0.25, -0.2) is 4.79 Å². The van der Waals surface area contributed by atoms with Crippen molar-refractivity contribution >= 4 is 64.0 Å². The molecule has 0 unspecified atom stereocenters. The van der Waals surface area contributed by atoms with Crippen LogP contribution in [0.5, 0.6) is 0 Å². The summed E-state index contributed by atoms with van der Waals surface area (Å²) in [6.45, 7) is 0.847. The number of oxime groups is 1. The number of β-lactam (4-membered cyclic amide) rings is 1. The molecule has 1 saturated heterocycles. The van der Waals surface area contributed by atoms with Gasteiger partial charge in [-0.3, -0.25) is 24.1 Å². The number of esters is 1. The second-order valence-electron chi connectivity index (χ2n) is 6.41. The number of aromatic nitrogens is 2. The SMILES string of the molecule is CNC(=O)ON=C(C(=O)N[C@@H]1C(=O)N2C(C(=O)[O-])=C(COC(C)=O)CS[C@@H]12)c1nsc(N)n1.[Na+]. The number of nitrogens with one attached hydrogen (secondary N) is 2. The van der Waals surface area contributed by atoms with Crippen LogP contribution in [-0.2, 0) is 28.8 Å². The Labute approximate surface area is 221 Å². The molecule has 1 aromatic heterocycles. The van der Waals surface area contributed by atoms with Crippen molar-refractivity contribution in [3.63, 3.8) is 0 Å². The number of nitrogens with zero attached hydrogens (tertiary/aromatic N) is 4. The number of aliphatic carboxylic acids is 1. The van der Waals surface area contributed by atoms with E-state index in [2.05, 4.69) is 30.0 Å². The number of carbonyl (C=O) groups excluding carboxylic acids is 5. The van der Waals surface area contributed by atoms with Crippen LogP contribution >= 0.6 is 23.3 Å². The van der Waals surface area contributed by atoms with Crippen LogP contribution in [0.15, 0.2) is 16.4 Å². The second kappa shape index (κ2) is 11.6. The molecule has 3 heterocycles. The Kier molecular flexibility index (Phi) is 9.39. The fourth-order valence-electron chi connectivity index (χ4n) is 2.83. The normalized spacial score (nSPS) is 19.3. The van der Waals surface area contributed by atoms with Gasteiger partial charge >= 0.3 is 41.6 Å². The van der Waals surface area contributed by atoms with Crippen LogP contribution in [0, 0.1) is 0 Å². The van der Waals surface area contributed by atoms with Gasteiger partial charge < -0.3 is 31.0 Å². The van der Waals surface area contributed by atoms with Crippen molar-refractivity contribution in [1.82, 2.24) is 24.9 Å². The van der Waals surface area contributed by atoms with Crippen molar-refractivity contribution in [3.8, 4) is 0 Å². The molecule has 1 fully saturated rings. The van der Waals surface area contributed by atoms with E-state index in [1.54, 1.807) is 0 Å². The number of thioether (sulfide) groups is 1. The maximum atomic E-state index is 12.8. The molecular weight excluding hydrogens is 505 g/mol. The van der Waals surface area contributed by atoms with Crippen LogP contribution in [0.25, 0.3) is 0 Å². The first-order chi connectivity index (χ1) is 15.6. The summed E-state index contributed by atoms with van der Waals surface area (Å²) in [5.41, 5.74) is 4.77. The maximum Gasteiger partial charge on any atom is 1.00 e. The Bertz CT molecular complexity index is 1090. The fraction of sp³-hybridized carbons (Fsp3) is 0.375. The van der Waals surface area contributed by atoms with Gasteiger partial charge in [-0.05, 0) is 0 Å². The quantitative estimate of drug-likeness (QED) is 0.0763. The molecule has 2 aliphatic rings. The molecule has 3 rings (SSSR count). The summed E-state index contributed by atoms with van der Waals surface area (Å²) in [5, 5.41) is 18.9. The van der Waals surface area contributed by atoms with E-state index in [4.69, 9.17) is 10.5 Å². The summed E-state index contributed by atoms with van der Waals surface area (Å²) >= 11 is 1.91. The molecule has 34 heavy (non-hydrogen) atoms. The summed E-state index contributed by atoms with van der Waals surface area (Å²) in [5.74, 6) is -4.06. The number of carbonyl (C=O) groups is 5. The van der Waals surface area contributed by atoms with Crippen molar-refractivity contribution in [1.29, 1.82) is 0 Å². The number of ether oxygens (including phenoxy) is 1. The minimum absolute atomic E-state index is 0. The molecule has 0 spiro atoms. The Balaban J connectivity index is 0.00000408. The van der Waals surface area contributed by atoms with Crippen LogP contribution in [0.4, 0.5) is 9.93 Å². The molecule has 2 aliphatic heterocycles. The van der Waals surface area contributed by atoms with Crippen LogP contribution < -0.4 is 51.0 Å². The molecule has 4 N–H and O–H groups in total. The standard InChI is InChI=1S/C16H17N7O8S2.Na/c1-5(24)30-3-6-4-32-13-8(12(26)23(13)9(6)14(27)28)19-11(25)7(21-31-16(29)18-2)10-20-15(17)33-22-10;/h8,13H,3-4H2,1-2H3,(H,18,29)(H,19,25)(H,27,28)(H2,17,20,22);/q;+1/p-1/t8-,13+;/m1./s1. The number of fused-ring (bicyclic) bond motifs is 1. The molecule has 176 valence electrons. The first-order valence-electron chi connectivity index (χ1n) is 9.02. The number of carboxylic acid groups (broad SMARTS) is 1. The predicted octanol–water partition coefficient (Wildman–Crippen LogP) is -5.85. The minimum Gasteiger partial charge on any atom is -0.543 e. The average Bonchev–Trinajstić information content (AvgIpc) is 3.20. The molecule has 0 bridgehead atoms. The van der Waals surface area contributed by atoms with E-state index < -0.39 is 52.7 Å². The molecule has 0 saturated carbocycles. The largest absolute Gasteiger partial charge is 1.00 e. The Hall–Kier alpha value is -2.73. The third-order valence-electron chi connectivity index (χ3n) is 4.27. The monoisotopic (exact) mass is 521 g/mol. The average molecular weight is 521 g/mol. The van der Waals surface area contributed by atoms with E-state index in [1.165, 1.54) is 7.05 Å². The third kappa shape index (κ3) is 5.84. The topological polar surface area (TPSA) is 218 Å². The van der Waals surface area contributed by atoms with Crippen LogP contribution in [0.1, 0.15) is 12.7 Å². The minimum atomic E-state index is -1.62. The van der Waals surface area contributed by atoms with E-state index in [1.807, 2.05) is 0 Å². The number of nitrogens with two attached hydrogens (primary N) is 1. The number of rotatable bonds is 7. The number of amides is 3. The van der Waals surface area contributed by atoms with Crippen molar-refractivity contribution in [2.45, 2.75) is 18.3 Å². The van der Waals surface area contributed by atoms with E-state index in [9.17, 15) is 29.1 Å². The van der Waals surface area contributed by atoms with Crippen LogP contribution in [-0.4, -0.2) is 80.6 Å². The zero-order valence-electron chi connectivity index (χ0n) is 18.0. The van der Waals surface area contributed by atoms with Gasteiger partial charge in [0.2, 0.25) is 11.5 Å². The van der Waals surface area contributed by atoms with Gasteiger partial charge in [0, 0.05) is 36.8 Å².